The summed E-state index contributed by atoms with van der Waals surface area (Å²) in [4.78, 5) is 0.320. The maximum atomic E-state index is 12.3. The zero-order valence-electron chi connectivity index (χ0n) is 11.2. The molecule has 1 rings (SSSR count). The van der Waals surface area contributed by atoms with E-state index < -0.39 is 10.0 Å². The first kappa shape index (κ1) is 15.3. The maximum Gasteiger partial charge on any atom is 0.241 e. The number of thioether (sulfide) groups is 1. The van der Waals surface area contributed by atoms with Crippen LogP contribution in [0.4, 0.5) is 5.69 Å². The molecule has 18 heavy (non-hydrogen) atoms. The Morgan fingerprint density at radius 3 is 2.44 bits per heavy atom. The van der Waals surface area contributed by atoms with E-state index in [0.29, 0.717) is 22.7 Å². The molecule has 0 aliphatic rings. The quantitative estimate of drug-likeness (QED) is 0.640. The Morgan fingerprint density at radius 1 is 1.28 bits per heavy atom. The van der Waals surface area contributed by atoms with Crippen LogP contribution in [0.1, 0.15) is 16.7 Å². The summed E-state index contributed by atoms with van der Waals surface area (Å²) >= 11 is 1.60. The first-order valence-electron chi connectivity index (χ1n) is 5.66. The van der Waals surface area contributed by atoms with Gasteiger partial charge in [0.15, 0.2) is 0 Å². The summed E-state index contributed by atoms with van der Waals surface area (Å²) in [7, 11) is -3.48. The third kappa shape index (κ3) is 3.18. The van der Waals surface area contributed by atoms with E-state index in [9.17, 15) is 8.42 Å². The fourth-order valence-electron chi connectivity index (χ4n) is 1.79. The minimum Gasteiger partial charge on any atom is -0.398 e. The number of nitrogens with one attached hydrogen (secondary N) is 1. The number of anilines is 1. The average Bonchev–Trinajstić information content (AvgIpc) is 2.26. The molecule has 3 N–H and O–H groups in total. The van der Waals surface area contributed by atoms with Gasteiger partial charge in [0, 0.05) is 18.0 Å². The van der Waals surface area contributed by atoms with Crippen molar-refractivity contribution in [2.75, 3.05) is 24.3 Å². The molecule has 6 heteroatoms. The molecule has 0 saturated carbocycles. The summed E-state index contributed by atoms with van der Waals surface area (Å²) in [5.74, 6) is 0.749. The number of aryl methyl sites for hydroxylation is 1. The molecule has 0 atom stereocenters. The van der Waals surface area contributed by atoms with Gasteiger partial charge in [-0.15, -0.1) is 0 Å². The minimum absolute atomic E-state index is 0.320. The minimum atomic E-state index is -3.48. The zero-order chi connectivity index (χ0) is 13.9. The molecule has 0 fully saturated rings. The lowest BCUT2D eigenvalue weighted by Crippen LogP contribution is -2.27. The first-order chi connectivity index (χ1) is 8.31. The Labute approximate surface area is 113 Å². The van der Waals surface area contributed by atoms with Gasteiger partial charge in [-0.3, -0.25) is 0 Å². The number of hydrogen-bond acceptors (Lipinski definition) is 4. The lowest BCUT2D eigenvalue weighted by molar-refractivity contribution is 0.583. The molecule has 0 aromatic heterocycles. The van der Waals surface area contributed by atoms with Gasteiger partial charge in [0.05, 0.1) is 4.90 Å². The van der Waals surface area contributed by atoms with Crippen LogP contribution >= 0.6 is 11.8 Å². The van der Waals surface area contributed by atoms with Crippen LogP contribution in [0.25, 0.3) is 0 Å². The van der Waals surface area contributed by atoms with E-state index in [1.165, 1.54) is 0 Å². The molecule has 102 valence electrons. The number of nitrogen functional groups attached to an aromatic ring is 1. The number of hydrogen-bond donors (Lipinski definition) is 2. The van der Waals surface area contributed by atoms with Gasteiger partial charge in [0.2, 0.25) is 10.0 Å². The summed E-state index contributed by atoms with van der Waals surface area (Å²) in [6.07, 6.45) is 1.94. The molecule has 4 nitrogen and oxygen atoms in total. The third-order valence-electron chi connectivity index (χ3n) is 2.94. The van der Waals surface area contributed by atoms with E-state index in [0.717, 1.165) is 16.9 Å². The Kier molecular flexibility index (Phi) is 5.07. The average molecular weight is 288 g/mol. The standard InChI is InChI=1S/C12H20N2O2S2/c1-8-7-11(13)10(3)12(9(8)2)18(15,16)14-5-6-17-4/h7,14H,5-6,13H2,1-4H3. The fourth-order valence-corrected chi connectivity index (χ4v) is 3.83. The molecule has 0 saturated heterocycles. The Bertz CT molecular complexity index is 513. The largest absolute Gasteiger partial charge is 0.398 e. The van der Waals surface area contributed by atoms with Crippen LogP contribution in [-0.4, -0.2) is 27.0 Å². The topological polar surface area (TPSA) is 72.2 Å². The summed E-state index contributed by atoms with van der Waals surface area (Å²) in [6, 6.07) is 1.81. The van der Waals surface area contributed by atoms with Crippen LogP contribution < -0.4 is 10.5 Å². The molecule has 0 amide bonds. The van der Waals surface area contributed by atoms with Crippen molar-refractivity contribution in [3.8, 4) is 0 Å². The van der Waals surface area contributed by atoms with Gasteiger partial charge in [0.1, 0.15) is 0 Å². The third-order valence-corrected chi connectivity index (χ3v) is 5.29. The van der Waals surface area contributed by atoms with E-state index in [1.54, 1.807) is 18.7 Å². The molecule has 0 radical (unpaired) electrons. The monoisotopic (exact) mass is 288 g/mol. The molecule has 0 bridgehead atoms. The first-order valence-corrected chi connectivity index (χ1v) is 8.54. The lowest BCUT2D eigenvalue weighted by Gasteiger charge is -2.15. The highest BCUT2D eigenvalue weighted by molar-refractivity contribution is 7.98. The number of sulfonamides is 1. The van der Waals surface area contributed by atoms with Crippen molar-refractivity contribution in [2.45, 2.75) is 25.7 Å². The summed E-state index contributed by atoms with van der Waals surface area (Å²) in [5, 5.41) is 0. The van der Waals surface area contributed by atoms with Crippen LogP contribution in [-0.2, 0) is 10.0 Å². The highest BCUT2D eigenvalue weighted by Gasteiger charge is 2.21. The molecular weight excluding hydrogens is 268 g/mol. The van der Waals surface area contributed by atoms with Crippen LogP contribution in [0, 0.1) is 20.8 Å². The van der Waals surface area contributed by atoms with Crippen molar-refractivity contribution >= 4 is 27.5 Å². The van der Waals surface area contributed by atoms with Crippen molar-refractivity contribution in [3.05, 3.63) is 22.8 Å². The van der Waals surface area contributed by atoms with Crippen molar-refractivity contribution in [2.24, 2.45) is 0 Å². The predicted molar refractivity (Wildman–Crippen MR) is 78.6 cm³/mol. The predicted octanol–water partition coefficient (Wildman–Crippen LogP) is 1.84. The molecule has 1 aromatic rings. The van der Waals surface area contributed by atoms with E-state index >= 15 is 0 Å². The Balaban J connectivity index is 3.24. The number of nitrogens with two attached hydrogens (primary N) is 1. The van der Waals surface area contributed by atoms with Crippen LogP contribution in [0.3, 0.4) is 0 Å². The van der Waals surface area contributed by atoms with Gasteiger partial charge in [-0.2, -0.15) is 11.8 Å². The number of rotatable bonds is 5. The van der Waals surface area contributed by atoms with Crippen molar-refractivity contribution < 1.29 is 8.42 Å². The molecule has 1 aromatic carbocycles. The molecule has 0 aliphatic carbocycles. The summed E-state index contributed by atoms with van der Waals surface area (Å²) in [5.41, 5.74) is 8.64. The summed E-state index contributed by atoms with van der Waals surface area (Å²) in [6.45, 7) is 5.85. The van der Waals surface area contributed by atoms with E-state index in [2.05, 4.69) is 4.72 Å². The van der Waals surface area contributed by atoms with Crippen LogP contribution in [0.15, 0.2) is 11.0 Å². The molecule has 0 spiro atoms. The van der Waals surface area contributed by atoms with Crippen molar-refractivity contribution in [1.29, 1.82) is 0 Å². The maximum absolute atomic E-state index is 12.3. The van der Waals surface area contributed by atoms with Gasteiger partial charge in [-0.05, 0) is 49.8 Å². The van der Waals surface area contributed by atoms with Crippen LogP contribution in [0.2, 0.25) is 0 Å². The van der Waals surface area contributed by atoms with Gasteiger partial charge < -0.3 is 5.73 Å². The van der Waals surface area contributed by atoms with Crippen molar-refractivity contribution in [1.82, 2.24) is 4.72 Å². The van der Waals surface area contributed by atoms with Crippen molar-refractivity contribution in [3.63, 3.8) is 0 Å². The second-order valence-corrected chi connectivity index (χ2v) is 6.94. The molecular formula is C12H20N2O2S2. The normalized spacial score (nSPS) is 11.8. The smallest absolute Gasteiger partial charge is 0.241 e. The number of benzene rings is 1. The van der Waals surface area contributed by atoms with Gasteiger partial charge in [-0.25, -0.2) is 13.1 Å². The second-order valence-electron chi connectivity index (χ2n) is 4.25. The van der Waals surface area contributed by atoms with E-state index in [-0.39, 0.29) is 0 Å². The summed E-state index contributed by atoms with van der Waals surface area (Å²) < 4.78 is 27.2. The Morgan fingerprint density at radius 2 is 1.89 bits per heavy atom. The molecule has 0 aliphatic heterocycles. The second kappa shape index (κ2) is 5.95. The zero-order valence-corrected chi connectivity index (χ0v) is 12.8. The van der Waals surface area contributed by atoms with Gasteiger partial charge >= 0.3 is 0 Å². The van der Waals surface area contributed by atoms with E-state index in [1.807, 2.05) is 26.2 Å². The van der Waals surface area contributed by atoms with E-state index in [4.69, 9.17) is 5.73 Å². The molecule has 0 unspecified atom stereocenters. The molecule has 0 heterocycles. The lowest BCUT2D eigenvalue weighted by atomic mass is 10.1. The van der Waals surface area contributed by atoms with Gasteiger partial charge in [0.25, 0.3) is 0 Å². The highest BCUT2D eigenvalue weighted by atomic mass is 32.2. The highest BCUT2D eigenvalue weighted by Crippen LogP contribution is 2.27. The SMILES string of the molecule is CSCCNS(=O)(=O)c1c(C)c(C)cc(N)c1C. The van der Waals surface area contributed by atoms with Crippen LogP contribution in [0.5, 0.6) is 0 Å². The Hall–Kier alpha value is -0.720. The van der Waals surface area contributed by atoms with Gasteiger partial charge in [-0.1, -0.05) is 0 Å². The fraction of sp³-hybridized carbons (Fsp3) is 0.500.